The average molecular weight is 441 g/mol. The van der Waals surface area contributed by atoms with E-state index in [2.05, 4.69) is 50.6 Å². The van der Waals surface area contributed by atoms with Crippen molar-refractivity contribution in [3.05, 3.63) is 11.6 Å². The van der Waals surface area contributed by atoms with Gasteiger partial charge >= 0.3 is 0 Å². The van der Waals surface area contributed by atoms with Crippen LogP contribution in [0, 0.1) is 17.3 Å². The summed E-state index contributed by atoms with van der Waals surface area (Å²) in [7, 11) is 0. The van der Waals surface area contributed by atoms with E-state index < -0.39 is 0 Å². The van der Waals surface area contributed by atoms with Gasteiger partial charge < -0.3 is 16.0 Å². The van der Waals surface area contributed by atoms with Crippen LogP contribution in [0.1, 0.15) is 97.6 Å². The van der Waals surface area contributed by atoms with Crippen molar-refractivity contribution in [2.24, 2.45) is 17.3 Å². The molecule has 178 valence electrons. The molecule has 1 aromatic heterocycles. The van der Waals surface area contributed by atoms with Crippen LogP contribution >= 0.6 is 0 Å². The largest absolute Gasteiger partial charge is 0.349 e. The van der Waals surface area contributed by atoms with Gasteiger partial charge in [-0.2, -0.15) is 9.97 Å². The molecule has 1 aromatic rings. The normalized spacial score (nSPS) is 35.0. The molecule has 0 spiro atoms. The standard InChI is InChI=1S/C26H44N6/c1-23(2,3)15-24(4,5)32-22-30-20(25-9-6-18(7-10-25)13-27-16-25)29-21(31-22)26-11-8-19(12-26)14-28-17-26/h18-19,27-28H,6-17H2,1-5H3,(H,29,30,31,32). The zero-order chi connectivity index (χ0) is 22.6. The zero-order valence-electron chi connectivity index (χ0n) is 21.0. The Hall–Kier alpha value is -1.27. The molecule has 0 radical (unpaired) electrons. The minimum absolute atomic E-state index is 0.0615. The van der Waals surface area contributed by atoms with Crippen molar-refractivity contribution in [2.45, 2.75) is 102 Å². The third kappa shape index (κ3) is 4.42. The summed E-state index contributed by atoms with van der Waals surface area (Å²) in [5.41, 5.74) is 0.303. The van der Waals surface area contributed by atoms with E-state index in [9.17, 15) is 0 Å². The van der Waals surface area contributed by atoms with Crippen LogP contribution in [-0.2, 0) is 10.8 Å². The highest BCUT2D eigenvalue weighted by Crippen LogP contribution is 2.47. The SMILES string of the molecule is CC(C)(C)CC(C)(C)Nc1nc(C23CCC(CC2)CNC3)nc(C23CCC(CNC2)C3)n1. The Morgan fingerprint density at radius 1 is 0.812 bits per heavy atom. The number of aromatic nitrogens is 3. The molecule has 2 aliphatic carbocycles. The molecule has 3 aliphatic heterocycles. The quantitative estimate of drug-likeness (QED) is 0.638. The van der Waals surface area contributed by atoms with E-state index in [-0.39, 0.29) is 21.8 Å². The van der Waals surface area contributed by atoms with E-state index in [1.165, 1.54) is 44.9 Å². The second-order valence-corrected chi connectivity index (χ2v) is 13.4. The van der Waals surface area contributed by atoms with E-state index in [4.69, 9.17) is 15.0 Å². The van der Waals surface area contributed by atoms with Gasteiger partial charge in [0.15, 0.2) is 0 Å². The van der Waals surface area contributed by atoms with Crippen LogP contribution in [0.15, 0.2) is 0 Å². The Bertz CT molecular complexity index is 826. The lowest BCUT2D eigenvalue weighted by molar-refractivity contribution is 0.258. The van der Waals surface area contributed by atoms with Crippen molar-refractivity contribution >= 4 is 5.95 Å². The number of anilines is 1. The third-order valence-electron chi connectivity index (χ3n) is 8.57. The molecule has 3 saturated heterocycles. The maximum absolute atomic E-state index is 5.32. The van der Waals surface area contributed by atoms with Gasteiger partial charge in [-0.1, -0.05) is 20.8 Å². The number of piperidine rings is 1. The fourth-order valence-electron chi connectivity index (χ4n) is 7.38. The van der Waals surface area contributed by atoms with E-state index in [1.54, 1.807) is 0 Å². The molecule has 2 unspecified atom stereocenters. The highest BCUT2D eigenvalue weighted by Gasteiger charge is 2.48. The first-order chi connectivity index (χ1) is 15.1. The lowest BCUT2D eigenvalue weighted by atomic mass is 9.71. The van der Waals surface area contributed by atoms with Gasteiger partial charge in [-0.05, 0) is 95.6 Å². The topological polar surface area (TPSA) is 74.8 Å². The summed E-state index contributed by atoms with van der Waals surface area (Å²) in [6.07, 6.45) is 9.76. The highest BCUT2D eigenvalue weighted by atomic mass is 15.2. The second-order valence-electron chi connectivity index (χ2n) is 13.4. The van der Waals surface area contributed by atoms with Crippen LogP contribution in [0.3, 0.4) is 0 Å². The van der Waals surface area contributed by atoms with Gasteiger partial charge in [0.25, 0.3) is 0 Å². The molecule has 0 amide bonds. The Morgan fingerprint density at radius 2 is 1.38 bits per heavy atom. The molecule has 2 saturated carbocycles. The lowest BCUT2D eigenvalue weighted by Gasteiger charge is -2.38. The van der Waals surface area contributed by atoms with Gasteiger partial charge in [-0.25, -0.2) is 4.98 Å². The van der Waals surface area contributed by atoms with Crippen LogP contribution in [0.5, 0.6) is 0 Å². The summed E-state index contributed by atoms with van der Waals surface area (Å²) in [6.45, 7) is 15.8. The third-order valence-corrected chi connectivity index (χ3v) is 8.57. The number of hydrogen-bond acceptors (Lipinski definition) is 6. The molecule has 6 nitrogen and oxygen atoms in total. The Morgan fingerprint density at radius 3 is 2.06 bits per heavy atom. The molecular formula is C26H44N6. The number of rotatable bonds is 5. The van der Waals surface area contributed by atoms with E-state index >= 15 is 0 Å². The maximum atomic E-state index is 5.32. The average Bonchev–Trinajstić information content (AvgIpc) is 2.89. The van der Waals surface area contributed by atoms with Crippen LogP contribution in [0.4, 0.5) is 5.95 Å². The summed E-state index contributed by atoms with van der Waals surface area (Å²) in [5, 5.41) is 11.2. The fraction of sp³-hybridized carbons (Fsp3) is 0.885. The number of fused-ring (bicyclic) bond motifs is 6. The molecule has 0 aromatic carbocycles. The summed E-state index contributed by atoms with van der Waals surface area (Å²) in [6, 6.07) is 0. The van der Waals surface area contributed by atoms with Crippen molar-refractivity contribution in [1.29, 1.82) is 0 Å². The molecule has 6 rings (SSSR count). The van der Waals surface area contributed by atoms with Crippen LogP contribution in [0.25, 0.3) is 0 Å². The van der Waals surface area contributed by atoms with Gasteiger partial charge in [0, 0.05) is 29.5 Å². The molecule has 4 bridgehead atoms. The summed E-state index contributed by atoms with van der Waals surface area (Å²) in [5.74, 6) is 4.49. The first kappa shape index (κ1) is 22.5. The van der Waals surface area contributed by atoms with E-state index in [0.29, 0.717) is 0 Å². The molecule has 32 heavy (non-hydrogen) atoms. The monoisotopic (exact) mass is 440 g/mol. The number of hydrogen-bond donors (Lipinski definition) is 3. The summed E-state index contributed by atoms with van der Waals surface area (Å²) >= 11 is 0. The van der Waals surface area contributed by atoms with Crippen molar-refractivity contribution in [2.75, 3.05) is 31.5 Å². The van der Waals surface area contributed by atoms with Gasteiger partial charge in [0.1, 0.15) is 11.6 Å². The number of nitrogens with zero attached hydrogens (tertiary/aromatic N) is 3. The fourth-order valence-corrected chi connectivity index (χ4v) is 7.38. The van der Waals surface area contributed by atoms with E-state index in [1.807, 2.05) is 0 Å². The second kappa shape index (κ2) is 7.90. The minimum atomic E-state index is -0.0775. The molecule has 5 aliphatic rings. The van der Waals surface area contributed by atoms with Crippen molar-refractivity contribution < 1.29 is 0 Å². The first-order valence-corrected chi connectivity index (χ1v) is 13.0. The van der Waals surface area contributed by atoms with Crippen molar-refractivity contribution in [3.63, 3.8) is 0 Å². The zero-order valence-corrected chi connectivity index (χ0v) is 21.0. The number of nitrogens with one attached hydrogen (secondary N) is 3. The highest BCUT2D eigenvalue weighted by molar-refractivity contribution is 5.33. The molecule has 5 fully saturated rings. The first-order valence-electron chi connectivity index (χ1n) is 13.0. The Kier molecular flexibility index (Phi) is 5.56. The van der Waals surface area contributed by atoms with Gasteiger partial charge in [0.05, 0.1) is 0 Å². The minimum Gasteiger partial charge on any atom is -0.349 e. The van der Waals surface area contributed by atoms with Crippen LogP contribution in [0.2, 0.25) is 0 Å². The van der Waals surface area contributed by atoms with Gasteiger partial charge in [-0.3, -0.25) is 0 Å². The summed E-state index contributed by atoms with van der Waals surface area (Å²) < 4.78 is 0. The predicted octanol–water partition coefficient (Wildman–Crippen LogP) is 4.17. The van der Waals surface area contributed by atoms with Crippen LogP contribution in [-0.4, -0.2) is 46.7 Å². The molecule has 3 N–H and O–H groups in total. The van der Waals surface area contributed by atoms with Crippen LogP contribution < -0.4 is 16.0 Å². The Labute approximate surface area is 194 Å². The summed E-state index contributed by atoms with van der Waals surface area (Å²) in [4.78, 5) is 15.6. The van der Waals surface area contributed by atoms with Crippen molar-refractivity contribution in [1.82, 2.24) is 25.6 Å². The molecule has 6 heteroatoms. The van der Waals surface area contributed by atoms with Gasteiger partial charge in [0.2, 0.25) is 5.95 Å². The molecular weight excluding hydrogens is 396 g/mol. The van der Waals surface area contributed by atoms with Crippen molar-refractivity contribution in [3.8, 4) is 0 Å². The predicted molar refractivity (Wildman–Crippen MR) is 130 cm³/mol. The lowest BCUT2D eigenvalue weighted by Crippen LogP contribution is -2.45. The Balaban J connectivity index is 1.54. The van der Waals surface area contributed by atoms with E-state index in [0.717, 1.165) is 62.0 Å². The smallest absolute Gasteiger partial charge is 0.226 e. The maximum Gasteiger partial charge on any atom is 0.226 e. The molecule has 2 atom stereocenters. The molecule has 4 heterocycles. The van der Waals surface area contributed by atoms with Gasteiger partial charge in [-0.15, -0.1) is 0 Å².